The zero-order valence-corrected chi connectivity index (χ0v) is 14.4. The fourth-order valence-electron chi connectivity index (χ4n) is 3.42. The summed E-state index contributed by atoms with van der Waals surface area (Å²) in [4.78, 5) is 26.1. The number of hydrogen-bond acceptors (Lipinski definition) is 5. The molecule has 128 valence electrons. The van der Waals surface area contributed by atoms with Gasteiger partial charge in [0.15, 0.2) is 0 Å². The van der Waals surface area contributed by atoms with E-state index in [1.165, 1.54) is 7.11 Å². The summed E-state index contributed by atoms with van der Waals surface area (Å²) in [6.45, 7) is 5.41. The first kappa shape index (κ1) is 16.7. The van der Waals surface area contributed by atoms with E-state index in [0.717, 1.165) is 47.9 Å². The van der Waals surface area contributed by atoms with Crippen LogP contribution in [0.25, 0.3) is 11.0 Å². The fourth-order valence-corrected chi connectivity index (χ4v) is 3.42. The minimum absolute atomic E-state index is 0.200. The van der Waals surface area contributed by atoms with Gasteiger partial charge in [0, 0.05) is 18.0 Å². The second-order valence-corrected chi connectivity index (χ2v) is 6.53. The topological polar surface area (TPSA) is 59.8 Å². The Hall–Kier alpha value is -2.14. The van der Waals surface area contributed by atoms with Gasteiger partial charge in [0.1, 0.15) is 11.6 Å². The third-order valence-corrected chi connectivity index (χ3v) is 4.90. The number of fused-ring (bicyclic) bond motifs is 1. The SMILES string of the molecule is COC(=O)C1CCCCN1Cc1cc(=O)oc2cc(C)c(C)cc12. The lowest BCUT2D eigenvalue weighted by molar-refractivity contribution is -0.148. The molecule has 1 unspecified atom stereocenters. The van der Waals surface area contributed by atoms with Crippen molar-refractivity contribution in [3.05, 3.63) is 45.3 Å². The van der Waals surface area contributed by atoms with Crippen molar-refractivity contribution in [2.45, 2.75) is 45.7 Å². The normalized spacial score (nSPS) is 18.7. The summed E-state index contributed by atoms with van der Waals surface area (Å²) in [5, 5.41) is 0.937. The van der Waals surface area contributed by atoms with Crippen LogP contribution >= 0.6 is 0 Å². The molecular weight excluding hydrogens is 306 g/mol. The van der Waals surface area contributed by atoms with E-state index < -0.39 is 0 Å². The maximum absolute atomic E-state index is 12.1. The summed E-state index contributed by atoms with van der Waals surface area (Å²) in [7, 11) is 1.42. The molecule has 2 heterocycles. The molecule has 0 N–H and O–H groups in total. The summed E-state index contributed by atoms with van der Waals surface area (Å²) >= 11 is 0. The van der Waals surface area contributed by atoms with Crippen LogP contribution in [0.15, 0.2) is 27.4 Å². The second-order valence-electron chi connectivity index (χ2n) is 6.53. The van der Waals surface area contributed by atoms with Gasteiger partial charge in [-0.2, -0.15) is 0 Å². The molecule has 2 aromatic rings. The number of aryl methyl sites for hydroxylation is 2. The lowest BCUT2D eigenvalue weighted by atomic mass is 9.99. The van der Waals surface area contributed by atoms with Gasteiger partial charge < -0.3 is 9.15 Å². The van der Waals surface area contributed by atoms with Gasteiger partial charge in [-0.3, -0.25) is 9.69 Å². The molecule has 5 nitrogen and oxygen atoms in total. The summed E-state index contributed by atoms with van der Waals surface area (Å²) in [6, 6.07) is 5.27. The number of piperidine rings is 1. The quantitative estimate of drug-likeness (QED) is 0.640. The van der Waals surface area contributed by atoms with Crippen LogP contribution in [0.5, 0.6) is 0 Å². The maximum Gasteiger partial charge on any atom is 0.336 e. The van der Waals surface area contributed by atoms with Crippen molar-refractivity contribution in [1.29, 1.82) is 0 Å². The minimum Gasteiger partial charge on any atom is -0.468 e. The Morgan fingerprint density at radius 3 is 2.75 bits per heavy atom. The number of hydrogen-bond donors (Lipinski definition) is 0. The van der Waals surface area contributed by atoms with Crippen molar-refractivity contribution in [3.63, 3.8) is 0 Å². The standard InChI is InChI=1S/C19H23NO4/c1-12-8-15-14(10-18(21)24-17(15)9-13(12)2)11-20-7-5-4-6-16(20)19(22)23-3/h8-10,16H,4-7,11H2,1-3H3. The van der Waals surface area contributed by atoms with Gasteiger partial charge >= 0.3 is 11.6 Å². The zero-order valence-electron chi connectivity index (χ0n) is 14.4. The molecule has 24 heavy (non-hydrogen) atoms. The van der Waals surface area contributed by atoms with Crippen molar-refractivity contribution < 1.29 is 13.9 Å². The lowest BCUT2D eigenvalue weighted by Gasteiger charge is -2.33. The average molecular weight is 329 g/mol. The van der Waals surface area contributed by atoms with E-state index in [4.69, 9.17) is 9.15 Å². The number of rotatable bonds is 3. The van der Waals surface area contributed by atoms with Gasteiger partial charge in [0.05, 0.1) is 7.11 Å². The molecule has 0 radical (unpaired) electrons. The van der Waals surface area contributed by atoms with Crippen molar-refractivity contribution in [1.82, 2.24) is 4.90 Å². The lowest BCUT2D eigenvalue weighted by Crippen LogP contribution is -2.44. The number of esters is 1. The first-order valence-corrected chi connectivity index (χ1v) is 8.35. The van der Waals surface area contributed by atoms with E-state index in [-0.39, 0.29) is 17.6 Å². The Kier molecular flexibility index (Phi) is 4.71. The average Bonchev–Trinajstić information content (AvgIpc) is 2.56. The molecular formula is C19H23NO4. The molecule has 0 amide bonds. The molecule has 1 aromatic carbocycles. The van der Waals surface area contributed by atoms with E-state index in [9.17, 15) is 9.59 Å². The third kappa shape index (κ3) is 3.22. The molecule has 0 bridgehead atoms. The molecule has 1 saturated heterocycles. The van der Waals surface area contributed by atoms with Gasteiger partial charge in [-0.25, -0.2) is 4.79 Å². The highest BCUT2D eigenvalue weighted by Gasteiger charge is 2.29. The van der Waals surface area contributed by atoms with Crippen LogP contribution in [0.4, 0.5) is 0 Å². The molecule has 1 aliphatic rings. The summed E-state index contributed by atoms with van der Waals surface area (Å²) in [5.41, 5.74) is 3.40. The Morgan fingerprint density at radius 1 is 1.25 bits per heavy atom. The Bertz CT molecular complexity index is 824. The van der Waals surface area contributed by atoms with Gasteiger partial charge in [0.2, 0.25) is 0 Å². The van der Waals surface area contributed by atoms with Gasteiger partial charge in [-0.05, 0) is 62.1 Å². The molecule has 5 heteroatoms. The number of carbonyl (C=O) groups excluding carboxylic acids is 1. The molecule has 0 aliphatic carbocycles. The smallest absolute Gasteiger partial charge is 0.336 e. The van der Waals surface area contributed by atoms with Gasteiger partial charge in [-0.1, -0.05) is 6.42 Å². The first-order valence-electron chi connectivity index (χ1n) is 8.35. The summed E-state index contributed by atoms with van der Waals surface area (Å²) in [5.74, 6) is -0.200. The van der Waals surface area contributed by atoms with Crippen LogP contribution in [0.2, 0.25) is 0 Å². The Balaban J connectivity index is 2.00. The minimum atomic E-state index is -0.354. The second kappa shape index (κ2) is 6.77. The van der Waals surface area contributed by atoms with Crippen LogP contribution in [0, 0.1) is 13.8 Å². The van der Waals surface area contributed by atoms with Crippen molar-refractivity contribution in [2.24, 2.45) is 0 Å². The highest BCUT2D eigenvalue weighted by Crippen LogP contribution is 2.26. The third-order valence-electron chi connectivity index (χ3n) is 4.90. The van der Waals surface area contributed by atoms with E-state index in [1.807, 2.05) is 19.9 Å². The van der Waals surface area contributed by atoms with E-state index in [2.05, 4.69) is 11.0 Å². The van der Waals surface area contributed by atoms with Crippen molar-refractivity contribution >= 4 is 16.9 Å². The number of methoxy groups -OCH3 is 1. The summed E-state index contributed by atoms with van der Waals surface area (Å²) in [6.07, 6.45) is 2.86. The monoisotopic (exact) mass is 329 g/mol. The molecule has 1 aliphatic heterocycles. The zero-order chi connectivity index (χ0) is 17.3. The molecule has 1 fully saturated rings. The van der Waals surface area contributed by atoms with Gasteiger partial charge in [-0.15, -0.1) is 0 Å². The van der Waals surface area contributed by atoms with Gasteiger partial charge in [0.25, 0.3) is 0 Å². The van der Waals surface area contributed by atoms with E-state index >= 15 is 0 Å². The molecule has 1 aromatic heterocycles. The van der Waals surface area contributed by atoms with Crippen molar-refractivity contribution in [3.8, 4) is 0 Å². The highest BCUT2D eigenvalue weighted by molar-refractivity contribution is 5.82. The predicted molar refractivity (Wildman–Crippen MR) is 92.0 cm³/mol. The molecule has 0 saturated carbocycles. The number of carbonyl (C=O) groups is 1. The first-order chi connectivity index (χ1) is 11.5. The highest BCUT2D eigenvalue weighted by atomic mass is 16.5. The van der Waals surface area contributed by atoms with Crippen LogP contribution in [0.1, 0.15) is 36.0 Å². The number of likely N-dealkylation sites (tertiary alicyclic amines) is 1. The Labute approximate surface area is 141 Å². The predicted octanol–water partition coefficient (Wildman–Crippen LogP) is 2.94. The summed E-state index contributed by atoms with van der Waals surface area (Å²) < 4.78 is 10.3. The number of ether oxygens (including phenoxy) is 1. The van der Waals surface area contributed by atoms with Crippen LogP contribution < -0.4 is 5.63 Å². The number of nitrogens with zero attached hydrogens (tertiary/aromatic N) is 1. The fraction of sp³-hybridized carbons (Fsp3) is 0.474. The van der Waals surface area contributed by atoms with Crippen LogP contribution in [0.3, 0.4) is 0 Å². The van der Waals surface area contributed by atoms with Crippen LogP contribution in [-0.2, 0) is 16.1 Å². The van der Waals surface area contributed by atoms with Crippen molar-refractivity contribution in [2.75, 3.05) is 13.7 Å². The number of benzene rings is 1. The maximum atomic E-state index is 12.1. The van der Waals surface area contributed by atoms with E-state index in [1.54, 1.807) is 6.07 Å². The molecule has 0 spiro atoms. The molecule has 1 atom stereocenters. The Morgan fingerprint density at radius 2 is 2.00 bits per heavy atom. The van der Waals surface area contributed by atoms with E-state index in [0.29, 0.717) is 12.1 Å². The largest absolute Gasteiger partial charge is 0.468 e. The van der Waals surface area contributed by atoms with Crippen LogP contribution in [-0.4, -0.2) is 30.6 Å². The molecule has 3 rings (SSSR count).